The van der Waals surface area contributed by atoms with Crippen LogP contribution in [0.25, 0.3) is 0 Å². The van der Waals surface area contributed by atoms with Gasteiger partial charge in [-0.2, -0.15) is 0 Å². The Balaban J connectivity index is 0. The molecule has 0 heterocycles. The highest BCUT2D eigenvalue weighted by molar-refractivity contribution is 5.69. The molecule has 0 aromatic heterocycles. The van der Waals surface area contributed by atoms with E-state index in [1.54, 1.807) is 0 Å². The molecule has 44 heavy (non-hydrogen) atoms. The fourth-order valence-corrected chi connectivity index (χ4v) is 4.87. The molecule has 0 saturated heterocycles. The van der Waals surface area contributed by atoms with Crippen molar-refractivity contribution in [3.63, 3.8) is 0 Å². The summed E-state index contributed by atoms with van der Waals surface area (Å²) in [4.78, 5) is 44.0. The van der Waals surface area contributed by atoms with Crippen molar-refractivity contribution >= 4 is 23.9 Å². The van der Waals surface area contributed by atoms with Crippen molar-refractivity contribution in [2.75, 3.05) is 13.2 Å². The molecule has 260 valence electrons. The summed E-state index contributed by atoms with van der Waals surface area (Å²) in [6.45, 7) is 9.90. The number of carboxylic acid groups (broad SMARTS) is 2. The van der Waals surface area contributed by atoms with Crippen LogP contribution >= 0.6 is 0 Å². The fraction of sp³-hybridized carbons (Fsp3) is 0.889. The minimum atomic E-state index is -0.740. The van der Waals surface area contributed by atoms with E-state index in [1.165, 1.54) is 25.7 Å². The predicted octanol–water partition coefficient (Wildman–Crippen LogP) is 9.90. The van der Waals surface area contributed by atoms with E-state index in [-0.39, 0.29) is 24.8 Å². The molecule has 0 rings (SSSR count). The van der Waals surface area contributed by atoms with Gasteiger partial charge in [0, 0.05) is 25.7 Å². The second-order valence-corrected chi connectivity index (χ2v) is 12.2. The molecular formula is C36H68O8. The van der Waals surface area contributed by atoms with Gasteiger partial charge in [-0.15, -0.1) is 0 Å². The number of carbonyl (C=O) groups is 4. The van der Waals surface area contributed by atoms with Crippen LogP contribution in [-0.2, 0) is 28.7 Å². The van der Waals surface area contributed by atoms with Crippen molar-refractivity contribution in [3.8, 4) is 0 Å². The first-order valence-corrected chi connectivity index (χ1v) is 17.9. The van der Waals surface area contributed by atoms with Crippen LogP contribution in [-0.4, -0.2) is 47.3 Å². The second-order valence-electron chi connectivity index (χ2n) is 12.2. The van der Waals surface area contributed by atoms with Gasteiger partial charge in [0.2, 0.25) is 0 Å². The van der Waals surface area contributed by atoms with Crippen molar-refractivity contribution in [3.05, 3.63) is 0 Å². The molecule has 0 spiro atoms. The summed E-state index contributed by atoms with van der Waals surface area (Å²) in [7, 11) is 0. The van der Waals surface area contributed by atoms with Crippen LogP contribution < -0.4 is 0 Å². The molecule has 0 saturated carbocycles. The van der Waals surface area contributed by atoms with E-state index in [0.29, 0.717) is 37.9 Å². The molecule has 0 aliphatic heterocycles. The van der Waals surface area contributed by atoms with Crippen molar-refractivity contribution < 1.29 is 38.9 Å². The molecule has 0 bridgehead atoms. The summed E-state index contributed by atoms with van der Waals surface area (Å²) < 4.78 is 10.9. The van der Waals surface area contributed by atoms with Crippen LogP contribution in [0.2, 0.25) is 0 Å². The lowest BCUT2D eigenvalue weighted by atomic mass is 10.0. The Bertz CT molecular complexity index is 636. The molecule has 2 unspecified atom stereocenters. The van der Waals surface area contributed by atoms with Gasteiger partial charge in [-0.3, -0.25) is 19.2 Å². The van der Waals surface area contributed by atoms with E-state index in [2.05, 4.69) is 27.7 Å². The van der Waals surface area contributed by atoms with Gasteiger partial charge in [0.25, 0.3) is 0 Å². The maximum absolute atomic E-state index is 11.9. The van der Waals surface area contributed by atoms with E-state index < -0.39 is 11.9 Å². The Hall–Kier alpha value is -2.12. The normalized spacial score (nSPS) is 12.1. The van der Waals surface area contributed by atoms with Crippen LogP contribution in [0.3, 0.4) is 0 Å². The molecule has 0 fully saturated rings. The summed E-state index contributed by atoms with van der Waals surface area (Å²) >= 11 is 0. The summed E-state index contributed by atoms with van der Waals surface area (Å²) in [6, 6.07) is 0. The second kappa shape index (κ2) is 33.8. The highest BCUT2D eigenvalue weighted by Gasteiger charge is 2.11. The lowest BCUT2D eigenvalue weighted by Gasteiger charge is -2.14. The topological polar surface area (TPSA) is 127 Å². The monoisotopic (exact) mass is 628 g/mol. The number of rotatable bonds is 30. The molecule has 2 N–H and O–H groups in total. The zero-order valence-corrected chi connectivity index (χ0v) is 28.9. The van der Waals surface area contributed by atoms with Crippen molar-refractivity contribution in [2.24, 2.45) is 11.8 Å². The van der Waals surface area contributed by atoms with Crippen molar-refractivity contribution in [1.29, 1.82) is 0 Å². The molecule has 0 aromatic rings. The molecule has 0 aliphatic rings. The minimum absolute atomic E-state index is 0.0444. The number of ether oxygens (including phenoxy) is 2. The van der Waals surface area contributed by atoms with Gasteiger partial charge in [-0.25, -0.2) is 0 Å². The first-order valence-electron chi connectivity index (χ1n) is 17.9. The zero-order chi connectivity index (χ0) is 33.3. The molecule has 8 heteroatoms. The van der Waals surface area contributed by atoms with Crippen LogP contribution in [0.5, 0.6) is 0 Å². The summed E-state index contributed by atoms with van der Waals surface area (Å²) in [5.41, 5.74) is 0. The Morgan fingerprint density at radius 3 is 1.02 bits per heavy atom. The summed E-state index contributed by atoms with van der Waals surface area (Å²) in [6.07, 6.45) is 22.4. The third-order valence-electron chi connectivity index (χ3n) is 8.09. The van der Waals surface area contributed by atoms with Gasteiger partial charge < -0.3 is 19.7 Å². The Labute approximate surface area is 269 Å². The maximum atomic E-state index is 11.9. The van der Waals surface area contributed by atoms with Crippen molar-refractivity contribution in [1.82, 2.24) is 0 Å². The Kier molecular flexibility index (Phi) is 33.8. The molecule has 8 nitrogen and oxygen atoms in total. The number of unbranched alkanes of at least 4 members (excludes halogenated alkanes) is 12. The average Bonchev–Trinajstić information content (AvgIpc) is 3.00. The van der Waals surface area contributed by atoms with E-state index in [1.807, 2.05) is 0 Å². The third-order valence-corrected chi connectivity index (χ3v) is 8.09. The highest BCUT2D eigenvalue weighted by Crippen LogP contribution is 2.16. The fourth-order valence-electron chi connectivity index (χ4n) is 4.87. The average molecular weight is 629 g/mol. The van der Waals surface area contributed by atoms with E-state index in [4.69, 9.17) is 19.7 Å². The summed E-state index contributed by atoms with van der Waals surface area (Å²) in [5.74, 6) is -0.532. The number of carboxylic acids is 2. The Morgan fingerprint density at radius 2 is 0.750 bits per heavy atom. The molecule has 2 atom stereocenters. The van der Waals surface area contributed by atoms with Crippen LogP contribution in [0, 0.1) is 11.8 Å². The first kappa shape index (κ1) is 44.0. The first-order chi connectivity index (χ1) is 21.2. The molecular weight excluding hydrogens is 560 g/mol. The Morgan fingerprint density at radius 1 is 0.455 bits per heavy atom. The van der Waals surface area contributed by atoms with E-state index >= 15 is 0 Å². The minimum Gasteiger partial charge on any atom is -0.481 e. The largest absolute Gasteiger partial charge is 0.481 e. The van der Waals surface area contributed by atoms with Gasteiger partial charge in [-0.1, -0.05) is 118 Å². The molecule has 0 amide bonds. The smallest absolute Gasteiger partial charge is 0.305 e. The number of esters is 2. The number of carbonyl (C=O) groups excluding carboxylic acids is 2. The van der Waals surface area contributed by atoms with Crippen molar-refractivity contribution in [2.45, 2.75) is 182 Å². The summed E-state index contributed by atoms with van der Waals surface area (Å²) in [5, 5.41) is 16.7. The van der Waals surface area contributed by atoms with Crippen LogP contribution in [0.15, 0.2) is 0 Å². The van der Waals surface area contributed by atoms with Gasteiger partial charge in [-0.05, 0) is 50.4 Å². The van der Waals surface area contributed by atoms with E-state index in [9.17, 15) is 19.2 Å². The number of aliphatic carboxylic acids is 2. The molecule has 0 aliphatic carbocycles. The maximum Gasteiger partial charge on any atom is 0.305 e. The zero-order valence-electron chi connectivity index (χ0n) is 28.9. The predicted molar refractivity (Wildman–Crippen MR) is 178 cm³/mol. The third kappa shape index (κ3) is 34.4. The number of hydrogen-bond acceptors (Lipinski definition) is 6. The van der Waals surface area contributed by atoms with Gasteiger partial charge in [0.15, 0.2) is 0 Å². The highest BCUT2D eigenvalue weighted by atomic mass is 16.5. The lowest BCUT2D eigenvalue weighted by Crippen LogP contribution is -2.13. The van der Waals surface area contributed by atoms with Crippen LogP contribution in [0.4, 0.5) is 0 Å². The molecule has 0 radical (unpaired) electrons. The lowest BCUT2D eigenvalue weighted by molar-refractivity contribution is -0.146. The number of hydrogen-bond donors (Lipinski definition) is 2. The SMILES string of the molecule is CCCCC(CC)COC(=O)CCCCCCCCC(=O)OCC(CC)CCCC.O=C(O)CCCCCCCCC(=O)O. The van der Waals surface area contributed by atoms with Gasteiger partial charge in [0.1, 0.15) is 0 Å². The van der Waals surface area contributed by atoms with Gasteiger partial charge in [0.05, 0.1) is 13.2 Å². The standard InChI is InChI=1S/C26H50O4.C10H18O4/c1-5-9-17-23(7-3)21-29-25(27)19-15-13-11-12-14-16-20-26(28)30-22-24(8-4)18-10-6-2;11-9(12)7-5-3-1-2-4-6-8-10(13)14/h23-24H,5-22H2,1-4H3;1-8H2,(H,11,12)(H,13,14). The quantitative estimate of drug-likeness (QED) is 0.0594. The molecule has 0 aromatic carbocycles. The van der Waals surface area contributed by atoms with Crippen LogP contribution in [0.1, 0.15) is 182 Å². The van der Waals surface area contributed by atoms with E-state index in [0.717, 1.165) is 103 Å². The van der Waals surface area contributed by atoms with Gasteiger partial charge >= 0.3 is 23.9 Å².